The van der Waals surface area contributed by atoms with Crippen LogP contribution < -0.4 is 0 Å². The standard InChI is InChI=1S/C10H10N2O/c1-8-2-4-9(5-3-8)12-10(13)6-7-11-12/h2-7,13H,1H3. The Morgan fingerprint density at radius 1 is 1.15 bits per heavy atom. The van der Waals surface area contributed by atoms with E-state index in [4.69, 9.17) is 0 Å². The molecule has 1 N–H and O–H groups in total. The van der Waals surface area contributed by atoms with Crippen LogP contribution in [0.15, 0.2) is 36.5 Å². The molecule has 0 aliphatic rings. The summed E-state index contributed by atoms with van der Waals surface area (Å²) in [7, 11) is 0. The second kappa shape index (κ2) is 2.94. The van der Waals surface area contributed by atoms with Gasteiger partial charge in [-0.15, -0.1) is 0 Å². The zero-order valence-electron chi connectivity index (χ0n) is 7.31. The first-order valence-corrected chi connectivity index (χ1v) is 4.07. The fourth-order valence-corrected chi connectivity index (χ4v) is 1.18. The number of aromatic hydroxyl groups is 1. The van der Waals surface area contributed by atoms with Crippen LogP contribution >= 0.6 is 0 Å². The Balaban J connectivity index is 2.47. The van der Waals surface area contributed by atoms with Crippen LogP contribution in [-0.2, 0) is 0 Å². The van der Waals surface area contributed by atoms with E-state index in [2.05, 4.69) is 5.10 Å². The van der Waals surface area contributed by atoms with Gasteiger partial charge in [0.2, 0.25) is 5.88 Å². The third-order valence-electron chi connectivity index (χ3n) is 1.90. The predicted octanol–water partition coefficient (Wildman–Crippen LogP) is 1.89. The van der Waals surface area contributed by atoms with Gasteiger partial charge in [0.15, 0.2) is 0 Å². The molecule has 2 aromatic rings. The van der Waals surface area contributed by atoms with Crippen LogP contribution in [-0.4, -0.2) is 14.9 Å². The molecule has 0 unspecified atom stereocenters. The van der Waals surface area contributed by atoms with Gasteiger partial charge in [-0.2, -0.15) is 5.10 Å². The first kappa shape index (κ1) is 7.86. The molecule has 1 aromatic carbocycles. The van der Waals surface area contributed by atoms with Crippen molar-refractivity contribution in [2.45, 2.75) is 6.92 Å². The van der Waals surface area contributed by atoms with Gasteiger partial charge in [-0.05, 0) is 19.1 Å². The smallest absolute Gasteiger partial charge is 0.214 e. The minimum atomic E-state index is 0.156. The zero-order chi connectivity index (χ0) is 9.26. The maximum atomic E-state index is 9.37. The Kier molecular flexibility index (Phi) is 1.77. The van der Waals surface area contributed by atoms with Crippen LogP contribution in [0.1, 0.15) is 5.56 Å². The summed E-state index contributed by atoms with van der Waals surface area (Å²) in [5.41, 5.74) is 2.06. The summed E-state index contributed by atoms with van der Waals surface area (Å²) in [5.74, 6) is 0.156. The molecule has 13 heavy (non-hydrogen) atoms. The minimum Gasteiger partial charge on any atom is -0.493 e. The largest absolute Gasteiger partial charge is 0.493 e. The highest BCUT2D eigenvalue weighted by atomic mass is 16.3. The van der Waals surface area contributed by atoms with E-state index in [1.165, 1.54) is 10.2 Å². The molecule has 2 rings (SSSR count). The lowest BCUT2D eigenvalue weighted by Gasteiger charge is -2.02. The molecular formula is C10H10N2O. The monoisotopic (exact) mass is 174 g/mol. The third-order valence-corrected chi connectivity index (χ3v) is 1.90. The number of nitrogens with zero attached hydrogens (tertiary/aromatic N) is 2. The normalized spacial score (nSPS) is 10.2. The second-order valence-corrected chi connectivity index (χ2v) is 2.94. The number of hydrogen-bond acceptors (Lipinski definition) is 2. The molecule has 0 fully saturated rings. The van der Waals surface area contributed by atoms with Crippen molar-refractivity contribution in [3.63, 3.8) is 0 Å². The van der Waals surface area contributed by atoms with Gasteiger partial charge in [0.25, 0.3) is 0 Å². The van der Waals surface area contributed by atoms with Crippen LogP contribution in [0, 0.1) is 6.92 Å². The second-order valence-electron chi connectivity index (χ2n) is 2.94. The number of benzene rings is 1. The van der Waals surface area contributed by atoms with Gasteiger partial charge in [0, 0.05) is 6.07 Å². The van der Waals surface area contributed by atoms with Crippen molar-refractivity contribution in [3.8, 4) is 11.6 Å². The number of aromatic nitrogens is 2. The van der Waals surface area contributed by atoms with Gasteiger partial charge in [-0.25, -0.2) is 4.68 Å². The highest BCUT2D eigenvalue weighted by Gasteiger charge is 2.00. The van der Waals surface area contributed by atoms with E-state index in [1.54, 1.807) is 12.3 Å². The van der Waals surface area contributed by atoms with Crippen LogP contribution in [0.3, 0.4) is 0 Å². The summed E-state index contributed by atoms with van der Waals surface area (Å²) >= 11 is 0. The van der Waals surface area contributed by atoms with Crippen molar-refractivity contribution in [2.24, 2.45) is 0 Å². The third kappa shape index (κ3) is 1.40. The van der Waals surface area contributed by atoms with E-state index < -0.39 is 0 Å². The van der Waals surface area contributed by atoms with Gasteiger partial charge in [-0.1, -0.05) is 17.7 Å². The summed E-state index contributed by atoms with van der Waals surface area (Å²) in [6.45, 7) is 2.02. The molecule has 0 aliphatic carbocycles. The van der Waals surface area contributed by atoms with Crippen molar-refractivity contribution in [2.75, 3.05) is 0 Å². The topological polar surface area (TPSA) is 38.0 Å². The Morgan fingerprint density at radius 2 is 1.85 bits per heavy atom. The fourth-order valence-electron chi connectivity index (χ4n) is 1.18. The van der Waals surface area contributed by atoms with Gasteiger partial charge in [-0.3, -0.25) is 0 Å². The molecule has 1 heterocycles. The van der Waals surface area contributed by atoms with E-state index in [0.717, 1.165) is 5.69 Å². The molecule has 3 heteroatoms. The summed E-state index contributed by atoms with van der Waals surface area (Å²) in [4.78, 5) is 0. The van der Waals surface area contributed by atoms with Crippen LogP contribution in [0.5, 0.6) is 5.88 Å². The molecule has 0 saturated carbocycles. The molecule has 3 nitrogen and oxygen atoms in total. The molecule has 0 aliphatic heterocycles. The Morgan fingerprint density at radius 3 is 2.38 bits per heavy atom. The molecule has 0 amide bonds. The Bertz CT molecular complexity index is 403. The highest BCUT2D eigenvalue weighted by molar-refractivity contribution is 5.36. The van der Waals surface area contributed by atoms with E-state index in [0.29, 0.717) is 0 Å². The van der Waals surface area contributed by atoms with Crippen molar-refractivity contribution in [1.29, 1.82) is 0 Å². The Hall–Kier alpha value is -1.77. The fraction of sp³-hybridized carbons (Fsp3) is 0.100. The lowest BCUT2D eigenvalue weighted by molar-refractivity contribution is 0.433. The first-order valence-electron chi connectivity index (χ1n) is 4.07. The van der Waals surface area contributed by atoms with Crippen molar-refractivity contribution in [1.82, 2.24) is 9.78 Å². The van der Waals surface area contributed by atoms with Gasteiger partial charge in [0.05, 0.1) is 11.9 Å². The molecule has 0 saturated heterocycles. The maximum Gasteiger partial charge on any atom is 0.214 e. The molecule has 1 aromatic heterocycles. The molecule has 0 bridgehead atoms. The number of aryl methyl sites for hydroxylation is 1. The Labute approximate surface area is 76.3 Å². The lowest BCUT2D eigenvalue weighted by atomic mass is 10.2. The van der Waals surface area contributed by atoms with Crippen molar-refractivity contribution < 1.29 is 5.11 Å². The summed E-state index contributed by atoms with van der Waals surface area (Å²) < 4.78 is 1.49. The lowest BCUT2D eigenvalue weighted by Crippen LogP contribution is -1.94. The van der Waals surface area contributed by atoms with Crippen LogP contribution in [0.25, 0.3) is 5.69 Å². The molecule has 66 valence electrons. The number of hydrogen-bond donors (Lipinski definition) is 1. The minimum absolute atomic E-state index is 0.156. The van der Waals surface area contributed by atoms with Gasteiger partial charge < -0.3 is 5.11 Å². The molecular weight excluding hydrogens is 164 g/mol. The van der Waals surface area contributed by atoms with Crippen LogP contribution in [0.2, 0.25) is 0 Å². The van der Waals surface area contributed by atoms with E-state index >= 15 is 0 Å². The van der Waals surface area contributed by atoms with Crippen molar-refractivity contribution >= 4 is 0 Å². The van der Waals surface area contributed by atoms with E-state index in [-0.39, 0.29) is 5.88 Å². The van der Waals surface area contributed by atoms with Gasteiger partial charge in [0.1, 0.15) is 0 Å². The average molecular weight is 174 g/mol. The van der Waals surface area contributed by atoms with E-state index in [1.807, 2.05) is 31.2 Å². The van der Waals surface area contributed by atoms with Gasteiger partial charge >= 0.3 is 0 Å². The molecule has 0 spiro atoms. The zero-order valence-corrected chi connectivity index (χ0v) is 7.31. The predicted molar refractivity (Wildman–Crippen MR) is 50.0 cm³/mol. The average Bonchev–Trinajstić information content (AvgIpc) is 2.53. The van der Waals surface area contributed by atoms with E-state index in [9.17, 15) is 5.11 Å². The molecule has 0 radical (unpaired) electrons. The highest BCUT2D eigenvalue weighted by Crippen LogP contribution is 2.15. The quantitative estimate of drug-likeness (QED) is 0.716. The molecule has 0 atom stereocenters. The first-order chi connectivity index (χ1) is 6.27. The SMILES string of the molecule is Cc1ccc(-n2nccc2O)cc1. The summed E-state index contributed by atoms with van der Waals surface area (Å²) in [6, 6.07) is 9.36. The summed E-state index contributed by atoms with van der Waals surface area (Å²) in [5, 5.41) is 13.4. The van der Waals surface area contributed by atoms with Crippen molar-refractivity contribution in [3.05, 3.63) is 42.1 Å². The maximum absolute atomic E-state index is 9.37. The number of rotatable bonds is 1. The summed E-state index contributed by atoms with van der Waals surface area (Å²) in [6.07, 6.45) is 1.56. The van der Waals surface area contributed by atoms with Crippen LogP contribution in [0.4, 0.5) is 0 Å².